The van der Waals surface area contributed by atoms with E-state index < -0.39 is 0 Å². The van der Waals surface area contributed by atoms with E-state index in [2.05, 4.69) is 5.32 Å². The Morgan fingerprint density at radius 2 is 2.26 bits per heavy atom. The first-order valence-corrected chi connectivity index (χ1v) is 6.31. The van der Waals surface area contributed by atoms with E-state index >= 15 is 0 Å². The van der Waals surface area contributed by atoms with Crippen molar-refractivity contribution in [3.05, 3.63) is 29.3 Å². The molecule has 2 rings (SSSR count). The summed E-state index contributed by atoms with van der Waals surface area (Å²) >= 11 is 0. The van der Waals surface area contributed by atoms with E-state index in [4.69, 9.17) is 5.11 Å². The van der Waals surface area contributed by atoms with Gasteiger partial charge in [0, 0.05) is 43.8 Å². The lowest BCUT2D eigenvalue weighted by atomic mass is 10.1. The molecular weight excluding hydrogens is 244 g/mol. The van der Waals surface area contributed by atoms with Crippen LogP contribution in [0.15, 0.2) is 18.2 Å². The van der Waals surface area contributed by atoms with Gasteiger partial charge in [-0.2, -0.15) is 0 Å². The van der Waals surface area contributed by atoms with Gasteiger partial charge in [-0.1, -0.05) is 6.07 Å². The van der Waals surface area contributed by atoms with Gasteiger partial charge in [0.1, 0.15) is 0 Å². The van der Waals surface area contributed by atoms with Gasteiger partial charge in [-0.25, -0.2) is 0 Å². The maximum absolute atomic E-state index is 12.0. The SMILES string of the molecule is CNC(=O)c1cccc(N2CC(CO)CC2=O)c1C. The minimum absolute atomic E-state index is 0.00351. The number of amides is 2. The molecule has 0 saturated carbocycles. The first-order chi connectivity index (χ1) is 9.08. The molecule has 0 aliphatic carbocycles. The standard InChI is InChI=1S/C14H18N2O3/c1-9-11(14(19)15-2)4-3-5-12(9)16-7-10(8-17)6-13(16)18/h3-5,10,17H,6-8H2,1-2H3,(H,15,19). The number of aliphatic hydroxyl groups excluding tert-OH is 1. The Morgan fingerprint density at radius 1 is 1.53 bits per heavy atom. The Bertz CT molecular complexity index is 513. The van der Waals surface area contributed by atoms with E-state index in [-0.39, 0.29) is 24.3 Å². The van der Waals surface area contributed by atoms with E-state index in [0.29, 0.717) is 18.5 Å². The molecule has 1 atom stereocenters. The van der Waals surface area contributed by atoms with E-state index in [9.17, 15) is 9.59 Å². The van der Waals surface area contributed by atoms with Crippen molar-refractivity contribution in [1.29, 1.82) is 0 Å². The topological polar surface area (TPSA) is 69.6 Å². The number of nitrogens with one attached hydrogen (secondary N) is 1. The van der Waals surface area contributed by atoms with Crippen molar-refractivity contribution >= 4 is 17.5 Å². The molecule has 1 aromatic carbocycles. The van der Waals surface area contributed by atoms with Crippen LogP contribution >= 0.6 is 0 Å². The monoisotopic (exact) mass is 262 g/mol. The molecular formula is C14H18N2O3. The van der Waals surface area contributed by atoms with Crippen LogP contribution < -0.4 is 10.2 Å². The van der Waals surface area contributed by atoms with Crippen molar-refractivity contribution < 1.29 is 14.7 Å². The first-order valence-electron chi connectivity index (χ1n) is 6.31. The first kappa shape index (κ1) is 13.5. The smallest absolute Gasteiger partial charge is 0.251 e. The van der Waals surface area contributed by atoms with E-state index in [1.807, 2.05) is 13.0 Å². The zero-order chi connectivity index (χ0) is 14.0. The zero-order valence-corrected chi connectivity index (χ0v) is 11.1. The number of hydrogen-bond donors (Lipinski definition) is 2. The third-order valence-electron chi connectivity index (χ3n) is 3.53. The second-order valence-corrected chi connectivity index (χ2v) is 4.79. The molecule has 1 aromatic rings. The average molecular weight is 262 g/mol. The number of hydrogen-bond acceptors (Lipinski definition) is 3. The van der Waals surface area contributed by atoms with Crippen LogP contribution in [0, 0.1) is 12.8 Å². The lowest BCUT2D eigenvalue weighted by Gasteiger charge is -2.20. The lowest BCUT2D eigenvalue weighted by Crippen LogP contribution is -2.27. The summed E-state index contributed by atoms with van der Waals surface area (Å²) in [6.45, 7) is 2.35. The van der Waals surface area contributed by atoms with Crippen molar-refractivity contribution in [2.24, 2.45) is 5.92 Å². The van der Waals surface area contributed by atoms with Gasteiger partial charge in [-0.3, -0.25) is 9.59 Å². The maximum Gasteiger partial charge on any atom is 0.251 e. The van der Waals surface area contributed by atoms with Crippen LogP contribution in [-0.2, 0) is 4.79 Å². The molecule has 1 aliphatic rings. The third kappa shape index (κ3) is 2.46. The molecule has 1 unspecified atom stereocenters. The van der Waals surface area contributed by atoms with E-state index in [0.717, 1.165) is 11.3 Å². The number of rotatable bonds is 3. The lowest BCUT2D eigenvalue weighted by molar-refractivity contribution is -0.117. The fourth-order valence-corrected chi connectivity index (χ4v) is 2.43. The highest BCUT2D eigenvalue weighted by Gasteiger charge is 2.31. The van der Waals surface area contributed by atoms with Crippen molar-refractivity contribution in [2.75, 3.05) is 25.1 Å². The molecule has 1 saturated heterocycles. The largest absolute Gasteiger partial charge is 0.396 e. The van der Waals surface area contributed by atoms with Gasteiger partial charge in [-0.05, 0) is 24.6 Å². The van der Waals surface area contributed by atoms with Gasteiger partial charge in [0.05, 0.1) is 0 Å². The minimum atomic E-state index is -0.162. The van der Waals surface area contributed by atoms with Crippen molar-refractivity contribution in [3.8, 4) is 0 Å². The number of anilines is 1. The summed E-state index contributed by atoms with van der Waals surface area (Å²) in [5.74, 6) is -0.184. The second kappa shape index (κ2) is 5.40. The Hall–Kier alpha value is -1.88. The predicted molar refractivity (Wildman–Crippen MR) is 72.1 cm³/mol. The molecule has 0 radical (unpaired) electrons. The van der Waals surface area contributed by atoms with Crippen LogP contribution in [0.4, 0.5) is 5.69 Å². The summed E-state index contributed by atoms with van der Waals surface area (Å²) in [6.07, 6.45) is 0.361. The fraction of sp³-hybridized carbons (Fsp3) is 0.429. The molecule has 19 heavy (non-hydrogen) atoms. The molecule has 0 aromatic heterocycles. The summed E-state index contributed by atoms with van der Waals surface area (Å²) in [5.41, 5.74) is 2.11. The van der Waals surface area contributed by atoms with Crippen molar-refractivity contribution in [3.63, 3.8) is 0 Å². The number of aliphatic hydroxyl groups is 1. The van der Waals surface area contributed by atoms with Crippen molar-refractivity contribution in [2.45, 2.75) is 13.3 Å². The predicted octanol–water partition coefficient (Wildman–Crippen LogP) is 0.700. The Balaban J connectivity index is 2.36. The van der Waals surface area contributed by atoms with Crippen LogP contribution in [-0.4, -0.2) is 37.1 Å². The molecule has 1 fully saturated rings. The number of benzene rings is 1. The Morgan fingerprint density at radius 3 is 2.84 bits per heavy atom. The molecule has 5 heteroatoms. The molecule has 102 valence electrons. The average Bonchev–Trinajstić information content (AvgIpc) is 2.79. The zero-order valence-electron chi connectivity index (χ0n) is 11.1. The maximum atomic E-state index is 12.0. The summed E-state index contributed by atoms with van der Waals surface area (Å²) in [5, 5.41) is 11.7. The van der Waals surface area contributed by atoms with Crippen LogP contribution in [0.2, 0.25) is 0 Å². The second-order valence-electron chi connectivity index (χ2n) is 4.79. The van der Waals surface area contributed by atoms with E-state index in [1.54, 1.807) is 24.1 Å². The van der Waals surface area contributed by atoms with Gasteiger partial charge in [0.25, 0.3) is 5.91 Å². The van der Waals surface area contributed by atoms with E-state index in [1.165, 1.54) is 0 Å². The Kier molecular flexibility index (Phi) is 3.85. The van der Waals surface area contributed by atoms with Gasteiger partial charge in [0.2, 0.25) is 5.91 Å². The summed E-state index contributed by atoms with van der Waals surface area (Å²) in [6, 6.07) is 5.34. The van der Waals surface area contributed by atoms with Gasteiger partial charge in [-0.15, -0.1) is 0 Å². The number of carbonyl (C=O) groups is 2. The van der Waals surface area contributed by atoms with Crippen LogP contribution in [0.5, 0.6) is 0 Å². The van der Waals surface area contributed by atoms with Crippen molar-refractivity contribution in [1.82, 2.24) is 5.32 Å². The molecule has 1 heterocycles. The molecule has 2 amide bonds. The third-order valence-corrected chi connectivity index (χ3v) is 3.53. The Labute approximate surface area is 112 Å². The highest BCUT2D eigenvalue weighted by molar-refractivity contribution is 6.01. The van der Waals surface area contributed by atoms with Crippen LogP contribution in [0.25, 0.3) is 0 Å². The molecule has 1 aliphatic heterocycles. The summed E-state index contributed by atoms with van der Waals surface area (Å²) < 4.78 is 0. The molecule has 0 spiro atoms. The minimum Gasteiger partial charge on any atom is -0.396 e. The quantitative estimate of drug-likeness (QED) is 0.842. The number of carbonyl (C=O) groups excluding carboxylic acids is 2. The molecule has 5 nitrogen and oxygen atoms in total. The van der Waals surface area contributed by atoms with Gasteiger partial charge >= 0.3 is 0 Å². The van der Waals surface area contributed by atoms with Crippen LogP contribution in [0.3, 0.4) is 0 Å². The van der Waals surface area contributed by atoms with Gasteiger partial charge < -0.3 is 15.3 Å². The van der Waals surface area contributed by atoms with Gasteiger partial charge in [0.15, 0.2) is 0 Å². The van der Waals surface area contributed by atoms with Crippen LogP contribution in [0.1, 0.15) is 22.3 Å². The normalized spacial score (nSPS) is 18.8. The highest BCUT2D eigenvalue weighted by atomic mass is 16.3. The molecule has 2 N–H and O–H groups in total. The highest BCUT2D eigenvalue weighted by Crippen LogP contribution is 2.29. The fourth-order valence-electron chi connectivity index (χ4n) is 2.43. The molecule has 0 bridgehead atoms. The summed E-state index contributed by atoms with van der Waals surface area (Å²) in [7, 11) is 1.58. The summed E-state index contributed by atoms with van der Waals surface area (Å²) in [4.78, 5) is 25.4. The number of nitrogens with zero attached hydrogens (tertiary/aromatic N) is 1.